The van der Waals surface area contributed by atoms with Crippen LogP contribution in [0.2, 0.25) is 0 Å². The fourth-order valence-corrected chi connectivity index (χ4v) is 2.97. The minimum atomic E-state index is -0.788. The van der Waals surface area contributed by atoms with Gasteiger partial charge in [-0.1, -0.05) is 30.3 Å². The first-order valence-electron chi connectivity index (χ1n) is 8.26. The number of methoxy groups -OCH3 is 1. The Balaban J connectivity index is 2.29. The fourth-order valence-electron chi connectivity index (χ4n) is 2.97. The van der Waals surface area contributed by atoms with E-state index < -0.39 is 30.2 Å². The number of aliphatic hydroxyl groups excluding tert-OH is 1. The monoisotopic (exact) mass is 340 g/mol. The summed E-state index contributed by atoms with van der Waals surface area (Å²) < 4.78 is 28.7. The van der Waals surface area contributed by atoms with Crippen molar-refractivity contribution in [3.63, 3.8) is 0 Å². The zero-order valence-electron chi connectivity index (χ0n) is 14.8. The second kappa shape index (κ2) is 8.89. The minimum absolute atomic E-state index is 0.130. The smallest absolute Gasteiger partial charge is 0.164 e. The first kappa shape index (κ1) is 19.3. The number of benzene rings is 1. The summed E-state index contributed by atoms with van der Waals surface area (Å²) in [7, 11) is 1.58. The van der Waals surface area contributed by atoms with Crippen molar-refractivity contribution in [3.05, 3.63) is 35.9 Å². The highest BCUT2D eigenvalue weighted by Gasteiger charge is 2.49. The molecule has 24 heavy (non-hydrogen) atoms. The highest BCUT2D eigenvalue weighted by Crippen LogP contribution is 2.39. The third-order valence-electron chi connectivity index (χ3n) is 3.88. The summed E-state index contributed by atoms with van der Waals surface area (Å²) in [4.78, 5) is 0. The number of hydrogen-bond acceptors (Lipinski definition) is 6. The van der Waals surface area contributed by atoms with Gasteiger partial charge in [0.25, 0.3) is 0 Å². The van der Waals surface area contributed by atoms with Gasteiger partial charge in [0.05, 0.1) is 6.61 Å². The van der Waals surface area contributed by atoms with Gasteiger partial charge in [-0.2, -0.15) is 0 Å². The third-order valence-corrected chi connectivity index (χ3v) is 3.88. The van der Waals surface area contributed by atoms with E-state index in [0.717, 1.165) is 5.56 Å². The Morgan fingerprint density at radius 3 is 2.38 bits per heavy atom. The molecular formula is C18H28O6. The summed E-state index contributed by atoms with van der Waals surface area (Å²) in [6.07, 6.45) is -1.76. The van der Waals surface area contributed by atoms with Crippen molar-refractivity contribution in [2.24, 2.45) is 0 Å². The van der Waals surface area contributed by atoms with Crippen LogP contribution in [-0.2, 0) is 23.7 Å². The Hall–Kier alpha value is -1.02. The van der Waals surface area contributed by atoms with Crippen LogP contribution in [0.15, 0.2) is 30.3 Å². The molecule has 0 radical (unpaired) electrons. The lowest BCUT2D eigenvalue weighted by Gasteiger charge is -2.30. The molecule has 1 N–H and O–H groups in total. The molecule has 0 bridgehead atoms. The van der Waals surface area contributed by atoms with Crippen LogP contribution in [0.1, 0.15) is 32.4 Å². The number of aliphatic hydroxyl groups is 1. The van der Waals surface area contributed by atoms with Gasteiger partial charge < -0.3 is 28.8 Å². The van der Waals surface area contributed by atoms with Gasteiger partial charge in [0.1, 0.15) is 31.2 Å². The van der Waals surface area contributed by atoms with Crippen molar-refractivity contribution in [2.75, 3.05) is 27.1 Å². The van der Waals surface area contributed by atoms with E-state index in [1.165, 1.54) is 0 Å². The summed E-state index contributed by atoms with van der Waals surface area (Å²) in [5.41, 5.74) is 0.957. The van der Waals surface area contributed by atoms with Gasteiger partial charge in [-0.05, 0) is 26.3 Å². The first-order valence-corrected chi connectivity index (χ1v) is 8.26. The summed E-state index contributed by atoms with van der Waals surface area (Å²) in [5.74, 6) is -0.788. The van der Waals surface area contributed by atoms with Crippen LogP contribution in [0.5, 0.6) is 0 Å². The van der Waals surface area contributed by atoms with Crippen LogP contribution < -0.4 is 0 Å². The van der Waals surface area contributed by atoms with Crippen LogP contribution in [0.25, 0.3) is 0 Å². The molecule has 6 heteroatoms. The molecule has 0 amide bonds. The maximum Gasteiger partial charge on any atom is 0.164 e. The predicted octanol–water partition coefficient (Wildman–Crippen LogP) is 2.27. The molecule has 0 unspecified atom stereocenters. The van der Waals surface area contributed by atoms with Crippen molar-refractivity contribution in [3.8, 4) is 0 Å². The molecule has 0 saturated carbocycles. The molecule has 1 aromatic rings. The van der Waals surface area contributed by atoms with Crippen molar-refractivity contribution < 1.29 is 28.8 Å². The van der Waals surface area contributed by atoms with Crippen molar-refractivity contribution >= 4 is 0 Å². The van der Waals surface area contributed by atoms with Gasteiger partial charge in [0, 0.05) is 13.7 Å². The fraction of sp³-hybridized carbons (Fsp3) is 0.667. The third kappa shape index (κ3) is 4.75. The molecule has 136 valence electrons. The molecule has 1 aliphatic rings. The number of ether oxygens (including phenoxy) is 5. The standard InChI is InChI=1S/C18H28O6/c1-5-21-14(11-19)16-17(24-18(2,3)23-16)15(22-12-20-4)13-9-7-6-8-10-13/h6-10,14-17,19H,5,11-12H2,1-4H3/t14-,15+,16+,17+/m0/s1. The summed E-state index contributed by atoms with van der Waals surface area (Å²) in [5, 5.41) is 9.71. The Kier molecular flexibility index (Phi) is 7.16. The summed E-state index contributed by atoms with van der Waals surface area (Å²) >= 11 is 0. The van der Waals surface area contributed by atoms with Crippen LogP contribution in [0, 0.1) is 0 Å². The maximum atomic E-state index is 9.71. The van der Waals surface area contributed by atoms with E-state index in [1.807, 2.05) is 51.1 Å². The zero-order chi connectivity index (χ0) is 17.6. The largest absolute Gasteiger partial charge is 0.394 e. The highest BCUT2D eigenvalue weighted by molar-refractivity contribution is 5.20. The molecule has 6 nitrogen and oxygen atoms in total. The van der Waals surface area contributed by atoms with E-state index in [0.29, 0.717) is 6.61 Å². The summed E-state index contributed by atoms with van der Waals surface area (Å²) in [6.45, 7) is 6.03. The molecule has 1 saturated heterocycles. The lowest BCUT2D eigenvalue weighted by Crippen LogP contribution is -2.43. The first-order chi connectivity index (χ1) is 11.5. The van der Waals surface area contributed by atoms with Gasteiger partial charge in [0.2, 0.25) is 0 Å². The topological polar surface area (TPSA) is 66.4 Å². The lowest BCUT2D eigenvalue weighted by atomic mass is 9.97. The molecule has 1 fully saturated rings. The molecule has 1 aliphatic heterocycles. The Labute approximate surface area is 143 Å². The predicted molar refractivity (Wildman–Crippen MR) is 88.5 cm³/mol. The number of rotatable bonds is 9. The van der Waals surface area contributed by atoms with Crippen LogP contribution in [-0.4, -0.2) is 56.3 Å². The molecule has 4 atom stereocenters. The van der Waals surface area contributed by atoms with E-state index in [9.17, 15) is 5.11 Å². The maximum absolute atomic E-state index is 9.71. The summed E-state index contributed by atoms with van der Waals surface area (Å²) in [6, 6.07) is 9.78. The van der Waals surface area contributed by atoms with Crippen LogP contribution in [0.3, 0.4) is 0 Å². The average Bonchev–Trinajstić information content (AvgIpc) is 2.89. The van der Waals surface area contributed by atoms with E-state index in [1.54, 1.807) is 7.11 Å². The molecular weight excluding hydrogens is 312 g/mol. The Morgan fingerprint density at radius 1 is 1.12 bits per heavy atom. The van der Waals surface area contributed by atoms with Gasteiger partial charge in [0.15, 0.2) is 5.79 Å². The molecule has 1 heterocycles. The SMILES string of the molecule is CCO[C@@H](CO)[C@H]1OC(C)(C)O[C@@H]1[C@H](OCOC)c1ccccc1. The Bertz CT molecular complexity index is 478. The van der Waals surface area contributed by atoms with Gasteiger partial charge in [-0.25, -0.2) is 0 Å². The lowest BCUT2D eigenvalue weighted by molar-refractivity contribution is -0.173. The van der Waals surface area contributed by atoms with Crippen LogP contribution in [0.4, 0.5) is 0 Å². The van der Waals surface area contributed by atoms with E-state index in [2.05, 4.69) is 0 Å². The van der Waals surface area contributed by atoms with E-state index >= 15 is 0 Å². The second-order valence-corrected chi connectivity index (χ2v) is 6.15. The molecule has 1 aromatic carbocycles. The van der Waals surface area contributed by atoms with Gasteiger partial charge >= 0.3 is 0 Å². The molecule has 0 aliphatic carbocycles. The van der Waals surface area contributed by atoms with Crippen molar-refractivity contribution in [1.29, 1.82) is 0 Å². The molecule has 0 aromatic heterocycles. The number of hydrogen-bond donors (Lipinski definition) is 1. The Morgan fingerprint density at radius 2 is 1.79 bits per heavy atom. The second-order valence-electron chi connectivity index (χ2n) is 6.15. The van der Waals surface area contributed by atoms with Gasteiger partial charge in [-0.3, -0.25) is 0 Å². The van der Waals surface area contributed by atoms with Crippen molar-refractivity contribution in [1.82, 2.24) is 0 Å². The van der Waals surface area contributed by atoms with E-state index in [-0.39, 0.29) is 13.4 Å². The average molecular weight is 340 g/mol. The minimum Gasteiger partial charge on any atom is -0.394 e. The van der Waals surface area contributed by atoms with Crippen LogP contribution >= 0.6 is 0 Å². The quantitative estimate of drug-likeness (QED) is 0.696. The van der Waals surface area contributed by atoms with Gasteiger partial charge in [-0.15, -0.1) is 0 Å². The molecule has 2 rings (SSSR count). The molecule has 0 spiro atoms. The van der Waals surface area contributed by atoms with Crippen molar-refractivity contribution in [2.45, 2.75) is 51.0 Å². The zero-order valence-corrected chi connectivity index (χ0v) is 14.8. The highest BCUT2D eigenvalue weighted by atomic mass is 16.8. The normalized spacial score (nSPS) is 25.5. The van der Waals surface area contributed by atoms with E-state index in [4.69, 9.17) is 23.7 Å².